The molecule has 0 aliphatic heterocycles. The van der Waals surface area contributed by atoms with Gasteiger partial charge >= 0.3 is 0 Å². The predicted molar refractivity (Wildman–Crippen MR) is 211 cm³/mol. The summed E-state index contributed by atoms with van der Waals surface area (Å²) in [6.45, 7) is 0. The number of hydrogen-bond acceptors (Lipinski definition) is 5. The van der Waals surface area contributed by atoms with Crippen molar-refractivity contribution >= 4 is 75.3 Å². The molecule has 7 aromatic carbocycles. The van der Waals surface area contributed by atoms with Crippen LogP contribution in [0, 0.1) is 0 Å². The van der Waals surface area contributed by atoms with Gasteiger partial charge in [0.2, 0.25) is 0 Å². The first-order valence-corrected chi connectivity index (χ1v) is 17.8. The predicted octanol–water partition coefficient (Wildman–Crippen LogP) is 12.2. The quantitative estimate of drug-likeness (QED) is 0.187. The van der Waals surface area contributed by atoms with Gasteiger partial charge in [0.1, 0.15) is 11.2 Å². The van der Waals surface area contributed by atoms with Crippen LogP contribution in [0.25, 0.3) is 104 Å². The monoisotopic (exact) mass is 670 g/mol. The van der Waals surface area contributed by atoms with Gasteiger partial charge in [-0.25, -0.2) is 15.0 Å². The average Bonchev–Trinajstić information content (AvgIpc) is 3.88. The van der Waals surface area contributed by atoms with E-state index >= 15 is 0 Å². The number of aromatic nitrogens is 4. The van der Waals surface area contributed by atoms with Gasteiger partial charge in [-0.15, -0.1) is 11.3 Å². The number of thiophene rings is 1. The lowest BCUT2D eigenvalue weighted by molar-refractivity contribution is 0.669. The first-order chi connectivity index (χ1) is 25.3. The zero-order valence-corrected chi connectivity index (χ0v) is 27.9. The van der Waals surface area contributed by atoms with Gasteiger partial charge in [-0.05, 0) is 42.5 Å². The highest BCUT2D eigenvalue weighted by Crippen LogP contribution is 2.43. The van der Waals surface area contributed by atoms with Gasteiger partial charge in [-0.1, -0.05) is 115 Å². The van der Waals surface area contributed by atoms with Gasteiger partial charge in [-0.3, -0.25) is 0 Å². The summed E-state index contributed by atoms with van der Waals surface area (Å²) in [4.78, 5) is 15.6. The maximum absolute atomic E-state index is 6.33. The molecule has 51 heavy (non-hydrogen) atoms. The number of benzene rings is 7. The smallest absolute Gasteiger partial charge is 0.165 e. The number of fused-ring (bicyclic) bond motifs is 9. The van der Waals surface area contributed by atoms with Crippen LogP contribution in [0.15, 0.2) is 162 Å². The molecule has 238 valence electrons. The summed E-state index contributed by atoms with van der Waals surface area (Å²) in [6, 6.07) is 54.8. The molecule has 5 nitrogen and oxygen atoms in total. The third-order valence-electron chi connectivity index (χ3n) is 9.87. The Balaban J connectivity index is 1.21. The SMILES string of the molecule is c1ccc(-c2nc(-c3cccc4c3sc3ccccc34)nc(-c3cccc4c3c3ccccc3n4-c3cccc4oc5ccccc5c34)n2)cc1. The van der Waals surface area contributed by atoms with Crippen LogP contribution in [-0.4, -0.2) is 19.5 Å². The second-order valence-electron chi connectivity index (χ2n) is 12.8. The van der Waals surface area contributed by atoms with E-state index in [4.69, 9.17) is 19.4 Å². The van der Waals surface area contributed by atoms with E-state index in [1.807, 2.05) is 36.4 Å². The largest absolute Gasteiger partial charge is 0.456 e. The molecule has 0 amide bonds. The lowest BCUT2D eigenvalue weighted by atomic mass is 10.0. The highest BCUT2D eigenvalue weighted by Gasteiger charge is 2.22. The van der Waals surface area contributed by atoms with Crippen LogP contribution in [0.4, 0.5) is 0 Å². The Morgan fingerprint density at radius 2 is 1.06 bits per heavy atom. The van der Waals surface area contributed by atoms with Gasteiger partial charge in [0.05, 0.1) is 22.1 Å². The first kappa shape index (κ1) is 28.2. The zero-order valence-electron chi connectivity index (χ0n) is 27.1. The Hall–Kier alpha value is -6.63. The van der Waals surface area contributed by atoms with Gasteiger partial charge in [0.25, 0.3) is 0 Å². The van der Waals surface area contributed by atoms with Crippen LogP contribution in [0.2, 0.25) is 0 Å². The molecule has 0 aliphatic carbocycles. The highest BCUT2D eigenvalue weighted by molar-refractivity contribution is 7.26. The average molecular weight is 671 g/mol. The summed E-state index contributed by atoms with van der Waals surface area (Å²) in [5.41, 5.74) is 7.88. The summed E-state index contributed by atoms with van der Waals surface area (Å²) in [5.74, 6) is 1.94. The second-order valence-corrected chi connectivity index (χ2v) is 13.8. The molecule has 4 heterocycles. The Labute approximate surface area is 295 Å². The fourth-order valence-electron chi connectivity index (χ4n) is 7.66. The lowest BCUT2D eigenvalue weighted by Gasteiger charge is -2.11. The molecule has 0 saturated carbocycles. The van der Waals surface area contributed by atoms with Gasteiger partial charge < -0.3 is 8.98 Å². The molecule has 0 aliphatic rings. The van der Waals surface area contributed by atoms with Crippen LogP contribution < -0.4 is 0 Å². The summed E-state index contributed by atoms with van der Waals surface area (Å²) in [7, 11) is 0. The fraction of sp³-hybridized carbons (Fsp3) is 0. The van der Waals surface area contributed by atoms with Crippen molar-refractivity contribution < 1.29 is 4.42 Å². The molecule has 4 aromatic heterocycles. The van der Waals surface area contributed by atoms with Crippen molar-refractivity contribution in [3.63, 3.8) is 0 Å². The van der Waals surface area contributed by atoms with E-state index in [-0.39, 0.29) is 0 Å². The topological polar surface area (TPSA) is 56.7 Å². The molecule has 0 N–H and O–H groups in total. The molecule has 11 aromatic rings. The number of furan rings is 1. The van der Waals surface area contributed by atoms with E-state index < -0.39 is 0 Å². The fourth-order valence-corrected chi connectivity index (χ4v) is 8.88. The van der Waals surface area contributed by atoms with Gasteiger partial charge in [0.15, 0.2) is 17.5 Å². The van der Waals surface area contributed by atoms with Crippen molar-refractivity contribution in [2.75, 3.05) is 0 Å². The summed E-state index contributed by atoms with van der Waals surface area (Å²) >= 11 is 1.78. The van der Waals surface area contributed by atoms with Crippen LogP contribution in [0.5, 0.6) is 0 Å². The zero-order chi connectivity index (χ0) is 33.5. The van der Waals surface area contributed by atoms with E-state index in [0.717, 1.165) is 66.1 Å². The molecular weight excluding hydrogens is 645 g/mol. The standard InChI is InChI=1S/C45H26N4OS/c1-2-13-27(14-3-1)43-46-44(48-45(47-43)33-20-10-18-29-28-15-6-9-26-39(28)51-42(29)33)32-19-11-22-35-40(32)30-16-4-7-21-34(30)49(35)36-23-12-25-38-41(36)31-17-5-8-24-37(31)50-38/h1-26H. The van der Waals surface area contributed by atoms with Crippen molar-refractivity contribution in [2.45, 2.75) is 0 Å². The Morgan fingerprint density at radius 1 is 0.431 bits per heavy atom. The minimum atomic E-state index is 0.637. The minimum Gasteiger partial charge on any atom is -0.456 e. The van der Waals surface area contributed by atoms with E-state index in [1.54, 1.807) is 11.3 Å². The maximum atomic E-state index is 6.33. The van der Waals surface area contributed by atoms with E-state index in [0.29, 0.717) is 17.5 Å². The van der Waals surface area contributed by atoms with E-state index in [9.17, 15) is 0 Å². The van der Waals surface area contributed by atoms with Crippen molar-refractivity contribution in [1.29, 1.82) is 0 Å². The molecule has 0 fully saturated rings. The molecular formula is C45H26N4OS. The van der Waals surface area contributed by atoms with Gasteiger partial charge in [0, 0.05) is 53.0 Å². The van der Waals surface area contributed by atoms with E-state index in [2.05, 4.69) is 126 Å². The van der Waals surface area contributed by atoms with Gasteiger partial charge in [-0.2, -0.15) is 0 Å². The van der Waals surface area contributed by atoms with Crippen LogP contribution in [-0.2, 0) is 0 Å². The number of nitrogens with zero attached hydrogens (tertiary/aromatic N) is 4. The number of rotatable bonds is 4. The third-order valence-corrected chi connectivity index (χ3v) is 11.1. The third kappa shape index (κ3) is 4.24. The van der Waals surface area contributed by atoms with Crippen LogP contribution in [0.3, 0.4) is 0 Å². The Bertz CT molecular complexity index is 3150. The number of para-hydroxylation sites is 2. The molecule has 0 saturated heterocycles. The van der Waals surface area contributed by atoms with Crippen molar-refractivity contribution in [3.05, 3.63) is 158 Å². The highest BCUT2D eigenvalue weighted by atomic mass is 32.1. The van der Waals surface area contributed by atoms with Crippen molar-refractivity contribution in [2.24, 2.45) is 0 Å². The summed E-state index contributed by atoms with van der Waals surface area (Å²) in [6.07, 6.45) is 0. The van der Waals surface area contributed by atoms with E-state index in [1.165, 1.54) is 20.2 Å². The molecule has 0 radical (unpaired) electrons. The first-order valence-electron chi connectivity index (χ1n) is 17.0. The molecule has 11 rings (SSSR count). The molecule has 0 bridgehead atoms. The Morgan fingerprint density at radius 3 is 1.96 bits per heavy atom. The lowest BCUT2D eigenvalue weighted by Crippen LogP contribution is -2.00. The minimum absolute atomic E-state index is 0.637. The second kappa shape index (κ2) is 10.9. The number of hydrogen-bond donors (Lipinski definition) is 0. The molecule has 0 atom stereocenters. The van der Waals surface area contributed by atoms with Crippen molar-refractivity contribution in [1.82, 2.24) is 19.5 Å². The Kier molecular flexibility index (Phi) is 6.05. The molecule has 0 spiro atoms. The van der Waals surface area contributed by atoms with Crippen LogP contribution >= 0.6 is 11.3 Å². The van der Waals surface area contributed by atoms with Crippen LogP contribution in [0.1, 0.15) is 0 Å². The van der Waals surface area contributed by atoms with Crippen molar-refractivity contribution in [3.8, 4) is 39.9 Å². The molecule has 0 unspecified atom stereocenters. The normalized spacial score (nSPS) is 11.9. The summed E-state index contributed by atoms with van der Waals surface area (Å²) in [5, 5.41) is 6.86. The summed E-state index contributed by atoms with van der Waals surface area (Å²) < 4.78 is 11.1. The molecule has 6 heteroatoms. The maximum Gasteiger partial charge on any atom is 0.165 e.